The van der Waals surface area contributed by atoms with Crippen molar-refractivity contribution >= 4 is 47.2 Å². The van der Waals surface area contributed by atoms with Gasteiger partial charge in [0.15, 0.2) is 5.96 Å². The van der Waals surface area contributed by atoms with Crippen LogP contribution in [0, 0.1) is 0 Å². The van der Waals surface area contributed by atoms with Crippen molar-refractivity contribution < 1.29 is 4.74 Å². The molecule has 0 amide bonds. The molecule has 0 aromatic heterocycles. The van der Waals surface area contributed by atoms with Crippen LogP contribution >= 0.6 is 35.6 Å². The highest BCUT2D eigenvalue weighted by Gasteiger charge is 2.10. The van der Waals surface area contributed by atoms with E-state index >= 15 is 0 Å². The molecule has 0 spiro atoms. The molecule has 0 bridgehead atoms. The number of benzene rings is 2. The number of nitrogens with one attached hydrogen (secondary N) is 2. The maximum atomic E-state index is 6.22. The zero-order valence-electron chi connectivity index (χ0n) is 16.2. The topological polar surface area (TPSA) is 48.9 Å². The second-order valence-corrected chi connectivity index (χ2v) is 6.81. The van der Waals surface area contributed by atoms with E-state index in [9.17, 15) is 0 Å². The fourth-order valence-corrected chi connectivity index (χ4v) is 3.17. The van der Waals surface area contributed by atoms with E-state index < -0.39 is 0 Å². The highest BCUT2D eigenvalue weighted by molar-refractivity contribution is 14.0. The van der Waals surface area contributed by atoms with Crippen LogP contribution in [-0.2, 0) is 17.8 Å². The minimum absolute atomic E-state index is 0. The average molecular weight is 515 g/mol. The lowest BCUT2D eigenvalue weighted by Gasteiger charge is -2.28. The normalized spacial score (nSPS) is 14.4. The molecule has 5 nitrogen and oxygen atoms in total. The van der Waals surface area contributed by atoms with Crippen LogP contribution in [0.1, 0.15) is 18.1 Å². The van der Waals surface area contributed by atoms with Gasteiger partial charge in [0.2, 0.25) is 0 Å². The van der Waals surface area contributed by atoms with Crippen molar-refractivity contribution in [1.29, 1.82) is 0 Å². The van der Waals surface area contributed by atoms with E-state index in [0.29, 0.717) is 13.1 Å². The summed E-state index contributed by atoms with van der Waals surface area (Å²) < 4.78 is 5.41. The first-order valence-corrected chi connectivity index (χ1v) is 9.81. The summed E-state index contributed by atoms with van der Waals surface area (Å²) in [5.74, 6) is 0.787. The summed E-state index contributed by atoms with van der Waals surface area (Å²) in [4.78, 5) is 7.04. The van der Waals surface area contributed by atoms with Crippen molar-refractivity contribution in [2.24, 2.45) is 4.99 Å². The van der Waals surface area contributed by atoms with Crippen LogP contribution in [0.3, 0.4) is 0 Å². The van der Waals surface area contributed by atoms with E-state index in [4.69, 9.17) is 16.3 Å². The predicted molar refractivity (Wildman–Crippen MR) is 128 cm³/mol. The van der Waals surface area contributed by atoms with Gasteiger partial charge >= 0.3 is 0 Å². The van der Waals surface area contributed by atoms with E-state index in [1.165, 1.54) is 11.3 Å². The number of hydrogen-bond acceptors (Lipinski definition) is 3. The van der Waals surface area contributed by atoms with Gasteiger partial charge < -0.3 is 20.3 Å². The Morgan fingerprint density at radius 3 is 2.46 bits per heavy atom. The zero-order chi connectivity index (χ0) is 18.9. The fraction of sp³-hybridized carbons (Fsp3) is 0.381. The largest absolute Gasteiger partial charge is 0.378 e. The Kier molecular flexibility index (Phi) is 9.87. The Hall–Kier alpha value is -1.51. The molecule has 0 unspecified atom stereocenters. The van der Waals surface area contributed by atoms with Crippen molar-refractivity contribution in [3.63, 3.8) is 0 Å². The van der Waals surface area contributed by atoms with E-state index in [1.54, 1.807) is 0 Å². The first-order valence-electron chi connectivity index (χ1n) is 9.43. The first-order chi connectivity index (χ1) is 13.3. The number of rotatable bonds is 6. The lowest BCUT2D eigenvalue weighted by molar-refractivity contribution is 0.122. The molecule has 2 N–H and O–H groups in total. The van der Waals surface area contributed by atoms with Crippen molar-refractivity contribution in [3.8, 4) is 0 Å². The third-order valence-corrected chi connectivity index (χ3v) is 4.85. The Balaban J connectivity index is 0.00000280. The highest BCUT2D eigenvalue weighted by Crippen LogP contribution is 2.17. The minimum Gasteiger partial charge on any atom is -0.378 e. The number of guanidine groups is 1. The minimum atomic E-state index is 0. The maximum Gasteiger partial charge on any atom is 0.191 e. The summed E-state index contributed by atoms with van der Waals surface area (Å²) in [6, 6.07) is 16.5. The molecular weight excluding hydrogens is 487 g/mol. The third kappa shape index (κ3) is 6.83. The number of hydrogen-bond donors (Lipinski definition) is 2. The van der Waals surface area contributed by atoms with E-state index in [1.807, 2.05) is 24.3 Å². The van der Waals surface area contributed by atoms with Gasteiger partial charge in [0.05, 0.1) is 19.8 Å². The molecule has 152 valence electrons. The Morgan fingerprint density at radius 2 is 1.79 bits per heavy atom. The summed E-state index contributed by atoms with van der Waals surface area (Å²) in [5.41, 5.74) is 3.48. The van der Waals surface area contributed by atoms with Crippen molar-refractivity contribution in [2.75, 3.05) is 37.7 Å². The van der Waals surface area contributed by atoms with Crippen LogP contribution in [0.25, 0.3) is 0 Å². The summed E-state index contributed by atoms with van der Waals surface area (Å²) in [5, 5.41) is 7.39. The molecule has 1 heterocycles. The molecule has 0 aliphatic carbocycles. The summed E-state index contributed by atoms with van der Waals surface area (Å²) in [6.45, 7) is 7.64. The Morgan fingerprint density at radius 1 is 1.07 bits per heavy atom. The van der Waals surface area contributed by atoms with Gasteiger partial charge in [-0.05, 0) is 36.2 Å². The number of nitrogens with zero attached hydrogens (tertiary/aromatic N) is 2. The van der Waals surface area contributed by atoms with Gasteiger partial charge in [-0.15, -0.1) is 24.0 Å². The molecule has 1 saturated heterocycles. The third-order valence-electron chi connectivity index (χ3n) is 4.48. The van der Waals surface area contributed by atoms with E-state index in [0.717, 1.165) is 49.4 Å². The molecule has 1 fully saturated rings. The number of halogens is 2. The zero-order valence-corrected chi connectivity index (χ0v) is 19.2. The molecule has 1 aliphatic heterocycles. The SMILES string of the molecule is CCNC(=NCc1ccc(N2CCOCC2)cc1)NCc1ccccc1Cl.I. The summed E-state index contributed by atoms with van der Waals surface area (Å²) in [6.07, 6.45) is 0. The molecular formula is C21H28ClIN4O. The number of ether oxygens (including phenoxy) is 1. The second kappa shape index (κ2) is 12.1. The molecule has 0 atom stereocenters. The van der Waals surface area contributed by atoms with Crippen LogP contribution in [0.2, 0.25) is 5.02 Å². The first kappa shape index (κ1) is 22.8. The van der Waals surface area contributed by atoms with Gasteiger partial charge in [0, 0.05) is 36.9 Å². The van der Waals surface area contributed by atoms with Crippen molar-refractivity contribution in [3.05, 3.63) is 64.7 Å². The van der Waals surface area contributed by atoms with Gasteiger partial charge in [-0.1, -0.05) is 41.9 Å². The number of morpholine rings is 1. The van der Waals surface area contributed by atoms with Gasteiger partial charge in [-0.2, -0.15) is 0 Å². The number of anilines is 1. The van der Waals surface area contributed by atoms with Gasteiger partial charge in [0.25, 0.3) is 0 Å². The van der Waals surface area contributed by atoms with Crippen LogP contribution in [0.4, 0.5) is 5.69 Å². The van der Waals surface area contributed by atoms with E-state index in [2.05, 4.69) is 51.7 Å². The lowest BCUT2D eigenvalue weighted by atomic mass is 10.2. The number of aliphatic imine (C=N–C) groups is 1. The highest BCUT2D eigenvalue weighted by atomic mass is 127. The standard InChI is InChI=1S/C21H27ClN4O.HI/c1-2-23-21(25-16-18-5-3-4-6-20(18)22)24-15-17-7-9-19(10-8-17)26-11-13-27-14-12-26;/h3-10H,2,11-16H2,1H3,(H2,23,24,25);1H. The van der Waals surface area contributed by atoms with Crippen LogP contribution < -0.4 is 15.5 Å². The predicted octanol–water partition coefficient (Wildman–Crippen LogP) is 4.05. The second-order valence-electron chi connectivity index (χ2n) is 6.41. The van der Waals surface area contributed by atoms with E-state index in [-0.39, 0.29) is 24.0 Å². The Labute approximate surface area is 189 Å². The summed E-state index contributed by atoms with van der Waals surface area (Å²) >= 11 is 6.22. The van der Waals surface area contributed by atoms with Crippen molar-refractivity contribution in [1.82, 2.24) is 10.6 Å². The van der Waals surface area contributed by atoms with Crippen LogP contribution in [0.15, 0.2) is 53.5 Å². The fourth-order valence-electron chi connectivity index (χ4n) is 2.97. The molecule has 2 aromatic rings. The van der Waals surface area contributed by atoms with Gasteiger partial charge in [-0.25, -0.2) is 4.99 Å². The molecule has 7 heteroatoms. The maximum absolute atomic E-state index is 6.22. The molecule has 1 aliphatic rings. The smallest absolute Gasteiger partial charge is 0.191 e. The average Bonchev–Trinajstić information content (AvgIpc) is 2.72. The monoisotopic (exact) mass is 514 g/mol. The van der Waals surface area contributed by atoms with Crippen LogP contribution in [0.5, 0.6) is 0 Å². The summed E-state index contributed by atoms with van der Waals surface area (Å²) in [7, 11) is 0. The molecule has 0 saturated carbocycles. The molecule has 28 heavy (non-hydrogen) atoms. The molecule has 3 rings (SSSR count). The molecule has 0 radical (unpaired) electrons. The van der Waals surface area contributed by atoms with Crippen molar-refractivity contribution in [2.45, 2.75) is 20.0 Å². The van der Waals surface area contributed by atoms with Gasteiger partial charge in [0.1, 0.15) is 0 Å². The van der Waals surface area contributed by atoms with Crippen LogP contribution in [-0.4, -0.2) is 38.8 Å². The lowest BCUT2D eigenvalue weighted by Crippen LogP contribution is -2.36. The quantitative estimate of drug-likeness (QED) is 0.347. The molecule has 2 aromatic carbocycles. The van der Waals surface area contributed by atoms with Gasteiger partial charge in [-0.3, -0.25) is 0 Å². The Bertz CT molecular complexity index is 748.